The van der Waals surface area contributed by atoms with Gasteiger partial charge in [-0.05, 0) is 26.7 Å². The van der Waals surface area contributed by atoms with Crippen LogP contribution in [0.15, 0.2) is 0 Å². The van der Waals surface area contributed by atoms with E-state index in [1.54, 1.807) is 0 Å². The van der Waals surface area contributed by atoms with Gasteiger partial charge in [-0.15, -0.1) is 0 Å². The molecule has 9 heteroatoms. The largest absolute Gasteiger partial charge is 2.00 e. The molecule has 0 bridgehead atoms. The molecule has 0 aliphatic rings. The van der Waals surface area contributed by atoms with Gasteiger partial charge in [0.2, 0.25) is 0 Å². The topological polar surface area (TPSA) is 114 Å². The molecule has 2 unspecified atom stereocenters. The fourth-order valence-corrected chi connectivity index (χ4v) is 2.92. The van der Waals surface area contributed by atoms with E-state index in [4.69, 9.17) is 0 Å². The van der Waals surface area contributed by atoms with Crippen LogP contribution in [0, 0.1) is 0 Å². The van der Waals surface area contributed by atoms with Crippen LogP contribution in [0.3, 0.4) is 0 Å². The predicted octanol–water partition coefficient (Wildman–Crippen LogP) is 3.40. The minimum absolute atomic E-state index is 0. The molecule has 0 aromatic heterocycles. The van der Waals surface area contributed by atoms with Crippen LogP contribution in [0.4, 0.5) is 0 Å². The third-order valence-electron chi connectivity index (χ3n) is 3.91. The first-order valence-corrected chi connectivity index (χ1v) is 11.8. The molecule has 0 fully saturated rings. The van der Waals surface area contributed by atoms with Gasteiger partial charge in [0, 0.05) is 10.5 Å². The Morgan fingerprint density at radius 3 is 1.12 bits per heavy atom. The summed E-state index contributed by atoms with van der Waals surface area (Å²) in [7, 11) is -8.08. The van der Waals surface area contributed by atoms with Crippen molar-refractivity contribution >= 4 is 69.1 Å². The van der Waals surface area contributed by atoms with E-state index in [1.807, 2.05) is 0 Å². The molecule has 0 amide bonds. The van der Waals surface area contributed by atoms with Crippen molar-refractivity contribution in [3.8, 4) is 0 Å². The summed E-state index contributed by atoms with van der Waals surface area (Å²) < 4.78 is 62.6. The van der Waals surface area contributed by atoms with E-state index in [0.717, 1.165) is 51.4 Å². The molecule has 0 saturated heterocycles. The molecular weight excluding hydrogens is 490 g/mol. The first kappa shape index (κ1) is 31.1. The number of rotatable bonds is 12. The van der Waals surface area contributed by atoms with Gasteiger partial charge in [0.15, 0.2) is 0 Å². The molecule has 0 radical (unpaired) electrons. The van der Waals surface area contributed by atoms with E-state index in [1.165, 1.54) is 13.8 Å². The van der Waals surface area contributed by atoms with E-state index in [0.29, 0.717) is 12.8 Å². The Kier molecular flexibility index (Phi) is 21.8. The first-order valence-electron chi connectivity index (χ1n) is 8.86. The van der Waals surface area contributed by atoms with E-state index in [-0.39, 0.29) is 48.9 Å². The molecule has 25 heavy (non-hydrogen) atoms. The maximum atomic E-state index is 10.4. The van der Waals surface area contributed by atoms with E-state index >= 15 is 0 Å². The van der Waals surface area contributed by atoms with E-state index in [2.05, 4.69) is 13.8 Å². The zero-order valence-electron chi connectivity index (χ0n) is 16.2. The fraction of sp³-hybridized carbons (Fsp3) is 1.00. The van der Waals surface area contributed by atoms with Gasteiger partial charge in [0.1, 0.15) is 0 Å². The van der Waals surface area contributed by atoms with Gasteiger partial charge in [0.25, 0.3) is 0 Å². The molecule has 148 valence electrons. The molecule has 0 aromatic carbocycles. The molecule has 0 saturated carbocycles. The molecule has 0 spiro atoms. The van der Waals surface area contributed by atoms with Gasteiger partial charge in [-0.3, -0.25) is 0 Å². The second kappa shape index (κ2) is 17.5. The van der Waals surface area contributed by atoms with Crippen molar-refractivity contribution < 1.29 is 25.9 Å². The van der Waals surface area contributed by atoms with E-state index in [9.17, 15) is 25.9 Å². The third kappa shape index (κ3) is 21.5. The second-order valence-corrected chi connectivity index (χ2v) is 9.89. The van der Waals surface area contributed by atoms with Crippen molar-refractivity contribution in [1.82, 2.24) is 0 Å². The van der Waals surface area contributed by atoms with E-state index < -0.39 is 30.7 Å². The summed E-state index contributed by atoms with van der Waals surface area (Å²) in [5.74, 6) is 0. The van der Waals surface area contributed by atoms with Crippen LogP contribution >= 0.6 is 0 Å². The standard InChI is InChI=1S/2C8H18O3S.Ba/c2*1-3-4-5-6-7-8(2)12(9,10)11;/h2*8H,3-7H2,1-2H3,(H,9,10,11);/q;;+2/p-2. The molecule has 0 aliphatic carbocycles. The minimum Gasteiger partial charge on any atom is -0.748 e. The molecule has 6 nitrogen and oxygen atoms in total. The number of unbranched alkanes of at least 4 members (excludes halogenated alkanes) is 6. The van der Waals surface area contributed by atoms with Crippen LogP contribution < -0.4 is 0 Å². The van der Waals surface area contributed by atoms with Crippen LogP contribution in [-0.4, -0.2) is 85.3 Å². The van der Waals surface area contributed by atoms with Crippen LogP contribution in [0.1, 0.15) is 91.9 Å². The summed E-state index contributed by atoms with van der Waals surface area (Å²) in [4.78, 5) is 0. The van der Waals surface area contributed by atoms with Crippen molar-refractivity contribution in [3.63, 3.8) is 0 Å². The summed E-state index contributed by atoms with van der Waals surface area (Å²) in [5, 5.41) is -1.43. The Bertz CT molecular complexity index is 445. The molecule has 0 heterocycles. The van der Waals surface area contributed by atoms with Crippen molar-refractivity contribution in [2.24, 2.45) is 0 Å². The molecule has 0 N–H and O–H groups in total. The molecule has 2 atom stereocenters. The SMILES string of the molecule is CCCCCCC(C)S(=O)(=O)[O-].CCCCCCC(C)S(=O)(=O)[O-].[Ba+2]. The number of hydrogen-bond donors (Lipinski definition) is 0. The fourth-order valence-electron chi connectivity index (χ4n) is 2.01. The van der Waals surface area contributed by atoms with Crippen LogP contribution in [0.2, 0.25) is 0 Å². The Morgan fingerprint density at radius 2 is 0.920 bits per heavy atom. The summed E-state index contributed by atoms with van der Waals surface area (Å²) >= 11 is 0. The zero-order valence-corrected chi connectivity index (χ0v) is 22.3. The smallest absolute Gasteiger partial charge is 0.748 e. The van der Waals surface area contributed by atoms with Crippen molar-refractivity contribution in [2.45, 2.75) is 102 Å². The number of hydrogen-bond acceptors (Lipinski definition) is 6. The average Bonchev–Trinajstić information content (AvgIpc) is 2.46. The van der Waals surface area contributed by atoms with Crippen LogP contribution in [-0.2, 0) is 20.2 Å². The van der Waals surface area contributed by atoms with Gasteiger partial charge in [0.05, 0.1) is 20.2 Å². The Hall–Kier alpha value is 1.39. The third-order valence-corrected chi connectivity index (χ3v) is 6.36. The Labute approximate surface area is 195 Å². The Balaban J connectivity index is -0.000000372. The maximum Gasteiger partial charge on any atom is 2.00 e. The van der Waals surface area contributed by atoms with Crippen molar-refractivity contribution in [1.29, 1.82) is 0 Å². The van der Waals surface area contributed by atoms with Gasteiger partial charge in [-0.1, -0.05) is 65.2 Å². The quantitative estimate of drug-likeness (QED) is 0.220. The Morgan fingerprint density at radius 1 is 0.640 bits per heavy atom. The molecule has 0 rings (SSSR count). The summed E-state index contributed by atoms with van der Waals surface area (Å²) in [6.45, 7) is 7.14. The zero-order chi connectivity index (χ0) is 19.2. The monoisotopic (exact) mass is 524 g/mol. The van der Waals surface area contributed by atoms with Gasteiger partial charge < -0.3 is 9.11 Å². The first-order chi connectivity index (χ1) is 11.0. The van der Waals surface area contributed by atoms with Gasteiger partial charge in [-0.25, -0.2) is 16.8 Å². The molecular formula is C16H34BaO6S2. The molecule has 0 aromatic rings. The second-order valence-electron chi connectivity index (χ2n) is 6.31. The maximum absolute atomic E-state index is 10.4. The average molecular weight is 524 g/mol. The minimum atomic E-state index is -4.04. The predicted molar refractivity (Wildman–Crippen MR) is 102 cm³/mol. The summed E-state index contributed by atoms with van der Waals surface area (Å²) in [5.41, 5.74) is 0. The summed E-state index contributed by atoms with van der Waals surface area (Å²) in [6.07, 6.45) is 9.23. The van der Waals surface area contributed by atoms with Gasteiger partial charge in [-0.2, -0.15) is 0 Å². The van der Waals surface area contributed by atoms with Gasteiger partial charge >= 0.3 is 48.9 Å². The molecule has 0 aliphatic heterocycles. The van der Waals surface area contributed by atoms with Crippen molar-refractivity contribution in [2.75, 3.05) is 0 Å². The normalized spacial score (nSPS) is 14.0. The van der Waals surface area contributed by atoms with Crippen LogP contribution in [0.5, 0.6) is 0 Å². The summed E-state index contributed by atoms with van der Waals surface area (Å²) in [6, 6.07) is 0. The van der Waals surface area contributed by atoms with Crippen LogP contribution in [0.25, 0.3) is 0 Å². The van der Waals surface area contributed by atoms with Crippen molar-refractivity contribution in [3.05, 3.63) is 0 Å².